The molecule has 0 aliphatic carbocycles. The summed E-state index contributed by atoms with van der Waals surface area (Å²) in [5.41, 5.74) is 1.15. The van der Waals surface area contributed by atoms with Crippen LogP contribution < -0.4 is 19.8 Å². The third-order valence-electron chi connectivity index (χ3n) is 6.26. The Balaban J connectivity index is 1.66. The van der Waals surface area contributed by atoms with E-state index < -0.39 is 11.9 Å². The SMILES string of the molecule is CCCCCOc1ccc([C@H]2c3c(oc4ccccc4c3=O)C(=O)N2c2ccccn2)cc1OCC. The number of nitrogens with zero attached hydrogens (tertiary/aromatic N) is 2. The van der Waals surface area contributed by atoms with Crippen molar-refractivity contribution < 1.29 is 18.7 Å². The first-order valence-corrected chi connectivity index (χ1v) is 12.3. The predicted molar refractivity (Wildman–Crippen MR) is 138 cm³/mol. The highest BCUT2D eigenvalue weighted by Gasteiger charge is 2.44. The van der Waals surface area contributed by atoms with Crippen LogP contribution >= 0.6 is 0 Å². The topological polar surface area (TPSA) is 81.9 Å². The Morgan fingerprint density at radius 1 is 0.944 bits per heavy atom. The molecular weight excluding hydrogens is 456 g/mol. The van der Waals surface area contributed by atoms with Crippen molar-refractivity contribution in [3.63, 3.8) is 0 Å². The molecule has 1 atom stereocenters. The first kappa shape index (κ1) is 23.6. The molecule has 0 bridgehead atoms. The number of unbranched alkanes of at least 4 members (excludes halogenated alkanes) is 2. The maximum absolute atomic E-state index is 13.7. The summed E-state index contributed by atoms with van der Waals surface area (Å²) < 4.78 is 17.9. The van der Waals surface area contributed by atoms with Gasteiger partial charge in [-0.25, -0.2) is 4.98 Å². The summed E-state index contributed by atoms with van der Waals surface area (Å²) in [7, 11) is 0. The second-order valence-electron chi connectivity index (χ2n) is 8.63. The standard InChI is InChI=1S/C29H28N2O5/c1-3-5-10-17-35-22-15-14-19(18-23(22)34-4-2)26-25-27(32)20-11-6-7-12-21(20)36-28(25)29(33)31(26)24-13-8-9-16-30-24/h6-9,11-16,18,26H,3-5,10,17H2,1-2H3/t26-/m0/s1. The molecule has 1 amide bonds. The Kier molecular flexibility index (Phi) is 6.71. The van der Waals surface area contributed by atoms with Crippen LogP contribution in [0, 0.1) is 0 Å². The Morgan fingerprint density at radius 2 is 1.78 bits per heavy atom. The summed E-state index contributed by atoms with van der Waals surface area (Å²) in [6.45, 7) is 5.09. The van der Waals surface area contributed by atoms with E-state index in [1.165, 1.54) is 4.90 Å². The predicted octanol–water partition coefficient (Wildman–Crippen LogP) is 5.91. The van der Waals surface area contributed by atoms with Crippen LogP contribution in [0.5, 0.6) is 11.5 Å². The maximum atomic E-state index is 13.7. The zero-order valence-corrected chi connectivity index (χ0v) is 20.4. The fourth-order valence-corrected chi connectivity index (χ4v) is 4.58. The van der Waals surface area contributed by atoms with E-state index in [0.717, 1.165) is 19.3 Å². The molecule has 36 heavy (non-hydrogen) atoms. The van der Waals surface area contributed by atoms with Gasteiger partial charge in [-0.15, -0.1) is 0 Å². The number of pyridine rings is 1. The minimum absolute atomic E-state index is 0.0344. The molecule has 7 heteroatoms. The van der Waals surface area contributed by atoms with Crippen LogP contribution in [0.15, 0.2) is 76.1 Å². The van der Waals surface area contributed by atoms with Crippen molar-refractivity contribution in [3.8, 4) is 11.5 Å². The van der Waals surface area contributed by atoms with E-state index >= 15 is 0 Å². The lowest BCUT2D eigenvalue weighted by atomic mass is 9.98. The summed E-state index contributed by atoms with van der Waals surface area (Å²) in [6.07, 6.45) is 4.77. The first-order valence-electron chi connectivity index (χ1n) is 12.3. The number of carbonyl (C=O) groups excluding carboxylic acids is 1. The Hall–Kier alpha value is -4.13. The molecule has 4 aromatic rings. The molecule has 0 spiro atoms. The highest BCUT2D eigenvalue weighted by molar-refractivity contribution is 6.10. The summed E-state index contributed by atoms with van der Waals surface area (Å²) >= 11 is 0. The van der Waals surface area contributed by atoms with Crippen molar-refractivity contribution in [1.82, 2.24) is 4.98 Å². The van der Waals surface area contributed by atoms with Crippen molar-refractivity contribution in [3.05, 3.63) is 94.0 Å². The van der Waals surface area contributed by atoms with Gasteiger partial charge >= 0.3 is 0 Å². The number of carbonyl (C=O) groups is 1. The van der Waals surface area contributed by atoms with Gasteiger partial charge in [0.15, 0.2) is 16.9 Å². The second kappa shape index (κ2) is 10.2. The van der Waals surface area contributed by atoms with Crippen molar-refractivity contribution in [2.75, 3.05) is 18.1 Å². The van der Waals surface area contributed by atoms with Crippen LogP contribution in [0.25, 0.3) is 11.0 Å². The fourth-order valence-electron chi connectivity index (χ4n) is 4.58. The quantitative estimate of drug-likeness (QED) is 0.275. The Morgan fingerprint density at radius 3 is 2.56 bits per heavy atom. The highest BCUT2D eigenvalue weighted by Crippen LogP contribution is 2.42. The number of rotatable bonds is 9. The molecule has 0 radical (unpaired) electrons. The minimum atomic E-state index is -0.725. The molecule has 1 aliphatic rings. The Labute approximate surface area is 209 Å². The normalized spacial score (nSPS) is 14.8. The molecular formula is C29H28N2O5. The molecule has 7 nitrogen and oxygen atoms in total. The molecule has 0 N–H and O–H groups in total. The van der Waals surface area contributed by atoms with Crippen LogP contribution in [-0.4, -0.2) is 24.1 Å². The lowest BCUT2D eigenvalue weighted by Crippen LogP contribution is -2.30. The third-order valence-corrected chi connectivity index (χ3v) is 6.26. The van der Waals surface area contributed by atoms with E-state index in [-0.39, 0.29) is 11.2 Å². The zero-order chi connectivity index (χ0) is 25.1. The van der Waals surface area contributed by atoms with Crippen molar-refractivity contribution in [2.24, 2.45) is 0 Å². The molecule has 0 saturated carbocycles. The van der Waals surface area contributed by atoms with Gasteiger partial charge in [0, 0.05) is 6.20 Å². The van der Waals surface area contributed by atoms with E-state index in [1.54, 1.807) is 48.7 Å². The molecule has 2 aromatic heterocycles. The number of para-hydroxylation sites is 1. The number of fused-ring (bicyclic) bond motifs is 2. The molecule has 0 unspecified atom stereocenters. The molecule has 1 aliphatic heterocycles. The van der Waals surface area contributed by atoms with E-state index in [4.69, 9.17) is 13.9 Å². The molecule has 0 fully saturated rings. The minimum Gasteiger partial charge on any atom is -0.490 e. The van der Waals surface area contributed by atoms with Gasteiger partial charge in [0.2, 0.25) is 5.76 Å². The lowest BCUT2D eigenvalue weighted by molar-refractivity contribution is 0.0970. The average molecular weight is 485 g/mol. The largest absolute Gasteiger partial charge is 0.490 e. The molecule has 0 saturated heterocycles. The van der Waals surface area contributed by atoms with Gasteiger partial charge in [-0.2, -0.15) is 0 Å². The Bertz CT molecular complexity index is 1450. The monoisotopic (exact) mass is 484 g/mol. The van der Waals surface area contributed by atoms with Crippen LogP contribution in [-0.2, 0) is 0 Å². The number of anilines is 1. The third kappa shape index (κ3) is 4.21. The van der Waals surface area contributed by atoms with E-state index in [0.29, 0.717) is 52.6 Å². The van der Waals surface area contributed by atoms with E-state index in [1.807, 2.05) is 25.1 Å². The van der Waals surface area contributed by atoms with Crippen LogP contribution in [0.3, 0.4) is 0 Å². The number of amides is 1. The maximum Gasteiger partial charge on any atom is 0.296 e. The van der Waals surface area contributed by atoms with Crippen LogP contribution in [0.1, 0.15) is 60.8 Å². The highest BCUT2D eigenvalue weighted by atomic mass is 16.5. The molecule has 3 heterocycles. The van der Waals surface area contributed by atoms with E-state index in [2.05, 4.69) is 11.9 Å². The second-order valence-corrected chi connectivity index (χ2v) is 8.63. The zero-order valence-electron chi connectivity index (χ0n) is 20.4. The number of benzene rings is 2. The summed E-state index contributed by atoms with van der Waals surface area (Å²) in [5, 5.41) is 0.429. The molecule has 5 rings (SSSR count). The van der Waals surface area contributed by atoms with Gasteiger partial charge < -0.3 is 13.9 Å². The van der Waals surface area contributed by atoms with Crippen molar-refractivity contribution >= 4 is 22.7 Å². The van der Waals surface area contributed by atoms with Gasteiger partial charge in [-0.3, -0.25) is 14.5 Å². The van der Waals surface area contributed by atoms with Gasteiger partial charge in [0.1, 0.15) is 11.4 Å². The van der Waals surface area contributed by atoms with Gasteiger partial charge in [-0.1, -0.05) is 44.0 Å². The van der Waals surface area contributed by atoms with E-state index in [9.17, 15) is 9.59 Å². The van der Waals surface area contributed by atoms with Gasteiger partial charge in [-0.05, 0) is 55.3 Å². The summed E-state index contributed by atoms with van der Waals surface area (Å²) in [5.74, 6) is 1.26. The number of hydrogen-bond donors (Lipinski definition) is 0. The van der Waals surface area contributed by atoms with Crippen LogP contribution in [0.2, 0.25) is 0 Å². The number of ether oxygens (including phenoxy) is 2. The molecule has 184 valence electrons. The van der Waals surface area contributed by atoms with Gasteiger partial charge in [0.05, 0.1) is 30.2 Å². The first-order chi connectivity index (χ1) is 17.6. The van der Waals surface area contributed by atoms with Gasteiger partial charge in [0.25, 0.3) is 5.91 Å². The summed E-state index contributed by atoms with van der Waals surface area (Å²) in [4.78, 5) is 33.3. The average Bonchev–Trinajstić information content (AvgIpc) is 3.20. The fraction of sp³-hybridized carbons (Fsp3) is 0.276. The van der Waals surface area contributed by atoms with Crippen LogP contribution in [0.4, 0.5) is 5.82 Å². The van der Waals surface area contributed by atoms with Crippen molar-refractivity contribution in [2.45, 2.75) is 39.2 Å². The lowest BCUT2D eigenvalue weighted by Gasteiger charge is -2.25. The smallest absolute Gasteiger partial charge is 0.296 e. The summed E-state index contributed by atoms with van der Waals surface area (Å²) in [6, 6.07) is 17.1. The molecule has 2 aromatic carbocycles. The number of aromatic nitrogens is 1. The number of hydrogen-bond acceptors (Lipinski definition) is 6. The van der Waals surface area contributed by atoms with Crippen molar-refractivity contribution in [1.29, 1.82) is 0 Å².